The van der Waals surface area contributed by atoms with Crippen molar-refractivity contribution in [2.24, 2.45) is 0 Å². The summed E-state index contributed by atoms with van der Waals surface area (Å²) in [4.78, 5) is 0. The minimum Gasteiger partial charge on any atom is -0.493 e. The Hall–Kier alpha value is -0.840. The Bertz CT molecular complexity index is 628. The molecule has 0 aliphatic carbocycles. The van der Waals surface area contributed by atoms with Crippen molar-refractivity contribution in [3.8, 4) is 17.2 Å². The third-order valence-electron chi connectivity index (χ3n) is 4.03. The summed E-state index contributed by atoms with van der Waals surface area (Å²) >= 11 is 0. The molecule has 0 bridgehead atoms. The molecule has 0 saturated heterocycles. The van der Waals surface area contributed by atoms with E-state index in [9.17, 15) is 4.57 Å². The zero-order valence-corrected chi connectivity index (χ0v) is 19.9. The molecule has 0 heterocycles. The molecule has 7 nitrogen and oxygen atoms in total. The minimum atomic E-state index is -3.85. The number of phosphoric acid groups is 1. The molecule has 0 aliphatic rings. The molecule has 0 fully saturated rings. The van der Waals surface area contributed by atoms with Crippen LogP contribution in [0, 0.1) is 6.92 Å². The standard InChI is InChI=1S/C19H35NO6P2/c1-7-9-10-19(4,27)20-11-12-25-28(21,24-8-2)26-18-16(22-5)13-15(3)14-17(18)23-6/h13-14,20H,7-12,27H2,1-6H3. The van der Waals surface area contributed by atoms with E-state index in [2.05, 4.69) is 28.4 Å². The highest BCUT2D eigenvalue weighted by molar-refractivity contribution is 7.48. The van der Waals surface area contributed by atoms with Crippen molar-refractivity contribution >= 4 is 17.1 Å². The molecule has 9 heteroatoms. The summed E-state index contributed by atoms with van der Waals surface area (Å²) < 4.78 is 40.3. The van der Waals surface area contributed by atoms with Gasteiger partial charge >= 0.3 is 7.82 Å². The van der Waals surface area contributed by atoms with Gasteiger partial charge in [-0.25, -0.2) is 4.57 Å². The summed E-state index contributed by atoms with van der Waals surface area (Å²) in [5, 5.41) is 3.28. The van der Waals surface area contributed by atoms with Crippen LogP contribution in [0.3, 0.4) is 0 Å². The van der Waals surface area contributed by atoms with Gasteiger partial charge in [0.2, 0.25) is 5.75 Å². The second kappa shape index (κ2) is 12.0. The van der Waals surface area contributed by atoms with E-state index in [4.69, 9.17) is 23.0 Å². The van der Waals surface area contributed by atoms with Crippen molar-refractivity contribution in [2.45, 2.75) is 52.2 Å². The summed E-state index contributed by atoms with van der Waals surface area (Å²) in [5.41, 5.74) is 0.921. The normalized spacial score (nSPS) is 15.5. The van der Waals surface area contributed by atoms with Gasteiger partial charge in [0, 0.05) is 11.8 Å². The molecule has 28 heavy (non-hydrogen) atoms. The predicted octanol–water partition coefficient (Wildman–Crippen LogP) is 4.92. The van der Waals surface area contributed by atoms with Gasteiger partial charge in [-0.05, 0) is 44.9 Å². The molecule has 1 rings (SSSR count). The van der Waals surface area contributed by atoms with Crippen LogP contribution in [-0.2, 0) is 13.6 Å². The average Bonchev–Trinajstić information content (AvgIpc) is 2.65. The van der Waals surface area contributed by atoms with Gasteiger partial charge in [0.05, 0.1) is 27.4 Å². The first-order valence-corrected chi connectivity index (χ1v) is 11.6. The average molecular weight is 435 g/mol. The lowest BCUT2D eigenvalue weighted by atomic mass is 10.1. The molecule has 0 amide bonds. The van der Waals surface area contributed by atoms with Crippen LogP contribution < -0.4 is 19.3 Å². The predicted molar refractivity (Wildman–Crippen MR) is 116 cm³/mol. The van der Waals surface area contributed by atoms with Gasteiger partial charge in [0.15, 0.2) is 11.5 Å². The van der Waals surface area contributed by atoms with E-state index in [-0.39, 0.29) is 24.2 Å². The molecule has 0 radical (unpaired) electrons. The van der Waals surface area contributed by atoms with Crippen molar-refractivity contribution in [1.29, 1.82) is 0 Å². The van der Waals surface area contributed by atoms with Gasteiger partial charge in [-0.1, -0.05) is 19.8 Å². The van der Waals surface area contributed by atoms with Crippen LogP contribution >= 0.6 is 17.1 Å². The number of ether oxygens (including phenoxy) is 2. The van der Waals surface area contributed by atoms with E-state index in [1.165, 1.54) is 14.2 Å². The molecule has 1 N–H and O–H groups in total. The topological polar surface area (TPSA) is 75.3 Å². The molecule has 162 valence electrons. The van der Waals surface area contributed by atoms with Crippen LogP contribution in [0.5, 0.6) is 17.2 Å². The summed E-state index contributed by atoms with van der Waals surface area (Å²) in [5.74, 6) is 0.991. The Morgan fingerprint density at radius 3 is 2.25 bits per heavy atom. The fourth-order valence-electron chi connectivity index (χ4n) is 2.59. The Morgan fingerprint density at radius 2 is 1.75 bits per heavy atom. The second-order valence-corrected chi connectivity index (χ2v) is 9.60. The van der Waals surface area contributed by atoms with Gasteiger partial charge < -0.3 is 19.3 Å². The SMILES string of the molecule is CCCCC(C)(P)NCCOP(=O)(OCC)Oc1c(OC)cc(C)cc1OC. The molecule has 3 unspecified atom stereocenters. The Labute approximate surface area is 171 Å². The number of aryl methyl sites for hydroxylation is 1. The first-order valence-electron chi connectivity index (χ1n) is 9.55. The molecule has 1 aromatic rings. The number of methoxy groups -OCH3 is 2. The van der Waals surface area contributed by atoms with Gasteiger partial charge in [0.25, 0.3) is 0 Å². The minimum absolute atomic E-state index is 0.0980. The number of nitrogens with one attached hydrogen (secondary N) is 1. The molecular weight excluding hydrogens is 400 g/mol. The van der Waals surface area contributed by atoms with Crippen LogP contribution in [-0.4, -0.2) is 39.3 Å². The van der Waals surface area contributed by atoms with Crippen LogP contribution in [0.2, 0.25) is 0 Å². The van der Waals surface area contributed by atoms with E-state index >= 15 is 0 Å². The number of hydrogen-bond acceptors (Lipinski definition) is 7. The highest BCUT2D eigenvalue weighted by Crippen LogP contribution is 2.54. The summed E-state index contributed by atoms with van der Waals surface area (Å²) in [6.45, 7) is 8.75. The number of unbranched alkanes of at least 4 members (excludes halogenated alkanes) is 1. The lowest BCUT2D eigenvalue weighted by Crippen LogP contribution is -2.38. The van der Waals surface area contributed by atoms with E-state index in [1.54, 1.807) is 19.1 Å². The zero-order chi connectivity index (χ0) is 21.2. The Balaban J connectivity index is 2.83. The van der Waals surface area contributed by atoms with Crippen molar-refractivity contribution in [2.75, 3.05) is 34.0 Å². The van der Waals surface area contributed by atoms with E-state index < -0.39 is 7.82 Å². The highest BCUT2D eigenvalue weighted by atomic mass is 31.2. The summed E-state index contributed by atoms with van der Waals surface area (Å²) in [6.07, 6.45) is 3.28. The van der Waals surface area contributed by atoms with Gasteiger partial charge in [-0.3, -0.25) is 9.05 Å². The maximum absolute atomic E-state index is 13.1. The highest BCUT2D eigenvalue weighted by Gasteiger charge is 2.31. The van der Waals surface area contributed by atoms with Crippen LogP contribution in [0.1, 0.15) is 45.6 Å². The fourth-order valence-corrected chi connectivity index (χ4v) is 4.15. The molecule has 1 aromatic carbocycles. The number of phosphoric ester groups is 1. The van der Waals surface area contributed by atoms with Crippen molar-refractivity contribution < 1.29 is 27.6 Å². The van der Waals surface area contributed by atoms with Crippen LogP contribution in [0.15, 0.2) is 12.1 Å². The summed E-state index contributed by atoms with van der Waals surface area (Å²) in [6, 6.07) is 3.53. The van der Waals surface area contributed by atoms with E-state index in [0.717, 1.165) is 24.8 Å². The van der Waals surface area contributed by atoms with Gasteiger partial charge in [-0.2, -0.15) is 0 Å². The maximum atomic E-state index is 13.1. The smallest absolute Gasteiger partial charge is 0.493 e. The van der Waals surface area contributed by atoms with E-state index in [1.807, 2.05) is 6.92 Å². The number of rotatable bonds is 14. The van der Waals surface area contributed by atoms with Gasteiger partial charge in [0.1, 0.15) is 0 Å². The molecule has 3 atom stereocenters. The first-order chi connectivity index (χ1) is 13.2. The summed E-state index contributed by atoms with van der Waals surface area (Å²) in [7, 11) is 1.99. The monoisotopic (exact) mass is 435 g/mol. The van der Waals surface area contributed by atoms with Crippen molar-refractivity contribution in [3.63, 3.8) is 0 Å². The Morgan fingerprint density at radius 1 is 1.14 bits per heavy atom. The molecule has 0 aliphatic heterocycles. The van der Waals surface area contributed by atoms with Crippen LogP contribution in [0.4, 0.5) is 0 Å². The van der Waals surface area contributed by atoms with Crippen LogP contribution in [0.25, 0.3) is 0 Å². The number of benzene rings is 1. The van der Waals surface area contributed by atoms with Crippen molar-refractivity contribution in [3.05, 3.63) is 17.7 Å². The fraction of sp³-hybridized carbons (Fsp3) is 0.684. The van der Waals surface area contributed by atoms with Gasteiger partial charge in [-0.15, -0.1) is 9.24 Å². The molecular formula is C19H35NO6P2. The third-order valence-corrected chi connectivity index (χ3v) is 6.00. The first kappa shape index (κ1) is 25.2. The maximum Gasteiger partial charge on any atom is 0.530 e. The second-order valence-electron chi connectivity index (χ2n) is 6.74. The number of hydrogen-bond donors (Lipinski definition) is 1. The van der Waals surface area contributed by atoms with Crippen molar-refractivity contribution in [1.82, 2.24) is 5.32 Å². The van der Waals surface area contributed by atoms with E-state index in [0.29, 0.717) is 18.0 Å². The lowest BCUT2D eigenvalue weighted by molar-refractivity contribution is 0.156. The largest absolute Gasteiger partial charge is 0.530 e. The molecule has 0 aromatic heterocycles. The lowest BCUT2D eigenvalue weighted by Gasteiger charge is -2.26. The zero-order valence-electron chi connectivity index (χ0n) is 17.9. The third kappa shape index (κ3) is 8.26. The Kier molecular flexibility index (Phi) is 10.8. The quantitative estimate of drug-likeness (QED) is 0.328. The molecule has 0 spiro atoms. The molecule has 0 saturated carbocycles.